The van der Waals surface area contributed by atoms with Crippen LogP contribution in [0.25, 0.3) is 10.6 Å². The van der Waals surface area contributed by atoms with E-state index in [1.54, 1.807) is 0 Å². The monoisotopic (exact) mass is 260 g/mol. The number of benzene rings is 1. The number of nitrogens with zero attached hydrogens (tertiary/aromatic N) is 1. The van der Waals surface area contributed by atoms with E-state index in [1.807, 2.05) is 11.3 Å². The molecule has 0 atom stereocenters. The lowest BCUT2D eigenvalue weighted by atomic mass is 10.1. The summed E-state index contributed by atoms with van der Waals surface area (Å²) in [5, 5.41) is 1.14. The molecule has 0 saturated heterocycles. The summed E-state index contributed by atoms with van der Waals surface area (Å²) >= 11 is 1.82. The minimum atomic E-state index is 0.597. The largest absolute Gasteiger partial charge is 0.326 e. The second kappa shape index (κ2) is 6.12. The van der Waals surface area contributed by atoms with Gasteiger partial charge in [0.05, 0.1) is 5.69 Å². The summed E-state index contributed by atoms with van der Waals surface area (Å²) in [6.07, 6.45) is 3.32. The van der Waals surface area contributed by atoms with Gasteiger partial charge in [0.15, 0.2) is 0 Å². The van der Waals surface area contributed by atoms with Gasteiger partial charge in [0.1, 0.15) is 5.01 Å². The van der Waals surface area contributed by atoms with E-state index in [0.29, 0.717) is 6.54 Å². The van der Waals surface area contributed by atoms with Crippen molar-refractivity contribution in [1.82, 2.24) is 4.98 Å². The van der Waals surface area contributed by atoms with Crippen molar-refractivity contribution in [1.29, 1.82) is 0 Å². The molecule has 1 aromatic carbocycles. The molecule has 2 aromatic rings. The molecule has 2 nitrogen and oxygen atoms in total. The number of hydrogen-bond acceptors (Lipinski definition) is 3. The molecule has 0 amide bonds. The van der Waals surface area contributed by atoms with Crippen LogP contribution >= 0.6 is 11.3 Å². The van der Waals surface area contributed by atoms with Crippen LogP contribution in [0.5, 0.6) is 0 Å². The molecule has 0 fully saturated rings. The summed E-state index contributed by atoms with van der Waals surface area (Å²) in [5.41, 5.74) is 9.26. The van der Waals surface area contributed by atoms with Gasteiger partial charge in [-0.05, 0) is 18.4 Å². The van der Waals surface area contributed by atoms with Gasteiger partial charge in [0, 0.05) is 17.0 Å². The van der Waals surface area contributed by atoms with Crippen LogP contribution in [0, 0.1) is 0 Å². The Bertz CT molecular complexity index is 500. The van der Waals surface area contributed by atoms with Crippen molar-refractivity contribution in [2.45, 2.75) is 39.7 Å². The highest BCUT2D eigenvalue weighted by atomic mass is 32.1. The first kappa shape index (κ1) is 13.2. The van der Waals surface area contributed by atoms with E-state index in [2.05, 4.69) is 38.1 Å². The maximum Gasteiger partial charge on any atom is 0.123 e. The van der Waals surface area contributed by atoms with Crippen LogP contribution in [0.2, 0.25) is 0 Å². The topological polar surface area (TPSA) is 38.9 Å². The summed E-state index contributed by atoms with van der Waals surface area (Å²) < 4.78 is 0. The SMILES string of the molecule is CCCc1nc(-c2ccc(CN)cc2)sc1CC. The van der Waals surface area contributed by atoms with Crippen molar-refractivity contribution < 1.29 is 0 Å². The van der Waals surface area contributed by atoms with E-state index in [1.165, 1.54) is 21.7 Å². The predicted molar refractivity (Wildman–Crippen MR) is 78.8 cm³/mol. The summed E-state index contributed by atoms with van der Waals surface area (Å²) in [6, 6.07) is 8.41. The number of aromatic nitrogens is 1. The Labute approximate surface area is 113 Å². The van der Waals surface area contributed by atoms with E-state index in [-0.39, 0.29) is 0 Å². The van der Waals surface area contributed by atoms with E-state index in [0.717, 1.165) is 24.3 Å². The van der Waals surface area contributed by atoms with Crippen molar-refractivity contribution in [2.24, 2.45) is 5.73 Å². The fourth-order valence-corrected chi connectivity index (χ4v) is 3.05. The first-order valence-corrected chi connectivity index (χ1v) is 7.38. The minimum Gasteiger partial charge on any atom is -0.326 e. The number of thiazole rings is 1. The molecule has 18 heavy (non-hydrogen) atoms. The van der Waals surface area contributed by atoms with Gasteiger partial charge in [-0.15, -0.1) is 11.3 Å². The molecule has 2 rings (SSSR count). The third-order valence-corrected chi connectivity index (χ3v) is 4.31. The van der Waals surface area contributed by atoms with Gasteiger partial charge >= 0.3 is 0 Å². The van der Waals surface area contributed by atoms with Gasteiger partial charge < -0.3 is 5.73 Å². The fourth-order valence-electron chi connectivity index (χ4n) is 2.00. The fraction of sp³-hybridized carbons (Fsp3) is 0.400. The average Bonchev–Trinajstić information content (AvgIpc) is 2.82. The molecule has 1 heterocycles. The molecule has 96 valence electrons. The van der Waals surface area contributed by atoms with Crippen LogP contribution in [0.1, 0.15) is 36.4 Å². The molecule has 1 aromatic heterocycles. The number of nitrogens with two attached hydrogens (primary N) is 1. The van der Waals surface area contributed by atoms with Gasteiger partial charge in [-0.3, -0.25) is 0 Å². The molecule has 3 heteroatoms. The molecule has 0 bridgehead atoms. The molecular weight excluding hydrogens is 240 g/mol. The summed E-state index contributed by atoms with van der Waals surface area (Å²) in [5.74, 6) is 0. The number of hydrogen-bond donors (Lipinski definition) is 1. The van der Waals surface area contributed by atoms with Gasteiger partial charge in [-0.25, -0.2) is 4.98 Å². The van der Waals surface area contributed by atoms with E-state index < -0.39 is 0 Å². The number of aryl methyl sites for hydroxylation is 2. The molecule has 0 aliphatic rings. The zero-order chi connectivity index (χ0) is 13.0. The summed E-state index contributed by atoms with van der Waals surface area (Å²) in [6.45, 7) is 5.00. The van der Waals surface area contributed by atoms with E-state index in [4.69, 9.17) is 10.7 Å². The van der Waals surface area contributed by atoms with Crippen LogP contribution < -0.4 is 5.73 Å². The second-order valence-electron chi connectivity index (χ2n) is 4.39. The molecular formula is C15H20N2S. The number of rotatable bonds is 5. The Morgan fingerprint density at radius 3 is 2.44 bits per heavy atom. The van der Waals surface area contributed by atoms with E-state index in [9.17, 15) is 0 Å². The summed E-state index contributed by atoms with van der Waals surface area (Å²) in [7, 11) is 0. The Morgan fingerprint density at radius 2 is 1.89 bits per heavy atom. The van der Waals surface area contributed by atoms with Crippen molar-refractivity contribution >= 4 is 11.3 Å². The van der Waals surface area contributed by atoms with Crippen LogP contribution in [0.15, 0.2) is 24.3 Å². The third-order valence-electron chi connectivity index (χ3n) is 3.02. The lowest BCUT2D eigenvalue weighted by Crippen LogP contribution is -1.95. The van der Waals surface area contributed by atoms with Gasteiger partial charge in [0.25, 0.3) is 0 Å². The average molecular weight is 260 g/mol. The first-order valence-electron chi connectivity index (χ1n) is 6.56. The molecule has 0 aliphatic heterocycles. The molecule has 0 spiro atoms. The van der Waals surface area contributed by atoms with Gasteiger partial charge in [0.2, 0.25) is 0 Å². The second-order valence-corrected chi connectivity index (χ2v) is 5.48. The van der Waals surface area contributed by atoms with Crippen LogP contribution in [-0.2, 0) is 19.4 Å². The Kier molecular flexibility index (Phi) is 4.50. The smallest absolute Gasteiger partial charge is 0.123 e. The lowest BCUT2D eigenvalue weighted by Gasteiger charge is -1.98. The van der Waals surface area contributed by atoms with Crippen molar-refractivity contribution in [3.63, 3.8) is 0 Å². The maximum absolute atomic E-state index is 5.61. The molecule has 0 radical (unpaired) electrons. The van der Waals surface area contributed by atoms with Crippen molar-refractivity contribution in [2.75, 3.05) is 0 Å². The minimum absolute atomic E-state index is 0.597. The Balaban J connectivity index is 2.31. The zero-order valence-corrected chi connectivity index (χ0v) is 11.9. The summed E-state index contributed by atoms with van der Waals surface area (Å²) in [4.78, 5) is 6.21. The molecule has 0 aliphatic carbocycles. The Hall–Kier alpha value is -1.19. The van der Waals surface area contributed by atoms with Crippen LogP contribution in [0.3, 0.4) is 0 Å². The normalized spacial score (nSPS) is 10.8. The lowest BCUT2D eigenvalue weighted by molar-refractivity contribution is 0.876. The third kappa shape index (κ3) is 2.79. The standard InChI is InChI=1S/C15H20N2S/c1-3-5-13-14(4-2)18-15(17-13)12-8-6-11(10-16)7-9-12/h6-9H,3-5,10,16H2,1-2H3. The highest BCUT2D eigenvalue weighted by Crippen LogP contribution is 2.29. The van der Waals surface area contributed by atoms with Gasteiger partial charge in [-0.2, -0.15) is 0 Å². The van der Waals surface area contributed by atoms with Gasteiger partial charge in [-0.1, -0.05) is 44.5 Å². The first-order chi connectivity index (χ1) is 8.78. The molecule has 2 N–H and O–H groups in total. The highest BCUT2D eigenvalue weighted by molar-refractivity contribution is 7.15. The zero-order valence-electron chi connectivity index (χ0n) is 11.1. The maximum atomic E-state index is 5.61. The van der Waals surface area contributed by atoms with E-state index >= 15 is 0 Å². The quantitative estimate of drug-likeness (QED) is 0.888. The van der Waals surface area contributed by atoms with Crippen LogP contribution in [-0.4, -0.2) is 4.98 Å². The highest BCUT2D eigenvalue weighted by Gasteiger charge is 2.10. The predicted octanol–water partition coefficient (Wildman–Crippen LogP) is 3.78. The van der Waals surface area contributed by atoms with Crippen molar-refractivity contribution in [3.05, 3.63) is 40.4 Å². The molecule has 0 unspecified atom stereocenters. The Morgan fingerprint density at radius 1 is 1.17 bits per heavy atom. The molecule has 0 saturated carbocycles. The van der Waals surface area contributed by atoms with Crippen LogP contribution in [0.4, 0.5) is 0 Å². The van der Waals surface area contributed by atoms with Crippen molar-refractivity contribution in [3.8, 4) is 10.6 Å².